The molecule has 1 heterocycles. The number of nitrogens with zero attached hydrogens (tertiary/aromatic N) is 1. The highest BCUT2D eigenvalue weighted by Crippen LogP contribution is 2.27. The lowest BCUT2D eigenvalue weighted by Crippen LogP contribution is -2.40. The summed E-state index contributed by atoms with van der Waals surface area (Å²) < 4.78 is 14.2. The molecule has 0 unspecified atom stereocenters. The Bertz CT molecular complexity index is 445. The third-order valence-corrected chi connectivity index (χ3v) is 2.92. The first-order chi connectivity index (χ1) is 7.59. The summed E-state index contributed by atoms with van der Waals surface area (Å²) in [6.07, 6.45) is 1.13. The maximum absolute atomic E-state index is 13.6. The van der Waals surface area contributed by atoms with Crippen molar-refractivity contribution in [2.75, 3.05) is 4.90 Å². The van der Waals surface area contributed by atoms with E-state index < -0.39 is 5.82 Å². The number of carbonyl (C=O) groups is 2. The molecule has 0 aromatic heterocycles. The molecule has 0 radical (unpaired) electrons. The van der Waals surface area contributed by atoms with Gasteiger partial charge >= 0.3 is 0 Å². The molecule has 5 heteroatoms. The van der Waals surface area contributed by atoms with E-state index >= 15 is 0 Å². The van der Waals surface area contributed by atoms with Gasteiger partial charge in [-0.1, -0.05) is 15.9 Å². The summed E-state index contributed by atoms with van der Waals surface area (Å²) in [7, 11) is 0. The maximum atomic E-state index is 13.6. The largest absolute Gasteiger partial charge is 0.274 e. The minimum Gasteiger partial charge on any atom is -0.274 e. The first kappa shape index (κ1) is 11.3. The second-order valence-electron chi connectivity index (χ2n) is 3.57. The predicted molar refractivity (Wildman–Crippen MR) is 60.4 cm³/mol. The first-order valence-electron chi connectivity index (χ1n) is 4.90. The van der Waals surface area contributed by atoms with Gasteiger partial charge in [-0.15, -0.1) is 0 Å². The smallest absolute Gasteiger partial charge is 0.233 e. The molecule has 1 saturated heterocycles. The fourth-order valence-electron chi connectivity index (χ4n) is 1.68. The van der Waals surface area contributed by atoms with E-state index in [1.807, 2.05) is 0 Å². The van der Waals surface area contributed by atoms with Gasteiger partial charge in [-0.2, -0.15) is 0 Å². The molecule has 1 aliphatic rings. The maximum Gasteiger partial charge on any atom is 0.233 e. The van der Waals surface area contributed by atoms with Crippen LogP contribution in [-0.2, 0) is 9.59 Å². The second-order valence-corrected chi connectivity index (χ2v) is 4.49. The average molecular weight is 286 g/mol. The van der Waals surface area contributed by atoms with Crippen LogP contribution in [0.15, 0.2) is 22.7 Å². The Kier molecular flexibility index (Phi) is 3.05. The summed E-state index contributed by atoms with van der Waals surface area (Å²) in [6, 6.07) is 4.28. The molecule has 1 fully saturated rings. The molecular weight excluding hydrogens is 277 g/mol. The molecule has 2 amide bonds. The van der Waals surface area contributed by atoms with E-state index in [1.165, 1.54) is 12.1 Å². The van der Waals surface area contributed by atoms with Crippen LogP contribution < -0.4 is 4.90 Å². The molecule has 1 aromatic carbocycles. The van der Waals surface area contributed by atoms with Crippen molar-refractivity contribution in [3.8, 4) is 0 Å². The van der Waals surface area contributed by atoms with Crippen LogP contribution in [-0.4, -0.2) is 11.8 Å². The molecule has 0 atom stereocenters. The monoisotopic (exact) mass is 285 g/mol. The van der Waals surface area contributed by atoms with Crippen molar-refractivity contribution >= 4 is 33.4 Å². The molecule has 84 valence electrons. The molecule has 1 aromatic rings. The van der Waals surface area contributed by atoms with Crippen molar-refractivity contribution in [2.45, 2.75) is 19.3 Å². The number of carbonyl (C=O) groups excluding carboxylic acids is 2. The molecule has 0 N–H and O–H groups in total. The van der Waals surface area contributed by atoms with Crippen LogP contribution in [0.4, 0.5) is 10.1 Å². The lowest BCUT2D eigenvalue weighted by molar-refractivity contribution is -0.129. The molecule has 0 spiro atoms. The highest BCUT2D eigenvalue weighted by Gasteiger charge is 2.29. The molecule has 0 bridgehead atoms. The number of halogens is 2. The third-order valence-electron chi connectivity index (χ3n) is 2.43. The number of benzene rings is 1. The molecular formula is C11H9BrFNO2. The zero-order chi connectivity index (χ0) is 11.7. The van der Waals surface area contributed by atoms with Gasteiger partial charge in [0.25, 0.3) is 0 Å². The SMILES string of the molecule is O=C1CCCC(=O)N1c1ccc(Br)cc1F. The summed E-state index contributed by atoms with van der Waals surface area (Å²) >= 11 is 3.12. The van der Waals surface area contributed by atoms with Gasteiger partial charge in [0.15, 0.2) is 0 Å². The predicted octanol–water partition coefficient (Wildman–Crippen LogP) is 2.63. The van der Waals surface area contributed by atoms with Crippen molar-refractivity contribution in [3.05, 3.63) is 28.5 Å². The standard InChI is InChI=1S/C11H9BrFNO2/c12-7-4-5-9(8(13)6-7)14-10(15)2-1-3-11(14)16/h4-6H,1-3H2. The van der Waals surface area contributed by atoms with Crippen LogP contribution in [0.1, 0.15) is 19.3 Å². The Hall–Kier alpha value is -1.23. The van der Waals surface area contributed by atoms with E-state index in [0.717, 1.165) is 4.90 Å². The quantitative estimate of drug-likeness (QED) is 0.744. The number of hydrogen-bond donors (Lipinski definition) is 0. The third kappa shape index (κ3) is 2.00. The fourth-order valence-corrected chi connectivity index (χ4v) is 2.02. The Morgan fingerprint density at radius 2 is 1.81 bits per heavy atom. The van der Waals surface area contributed by atoms with Crippen molar-refractivity contribution in [1.29, 1.82) is 0 Å². The highest BCUT2D eigenvalue weighted by atomic mass is 79.9. The van der Waals surface area contributed by atoms with Crippen LogP contribution in [0, 0.1) is 5.82 Å². The molecule has 2 rings (SSSR count). The van der Waals surface area contributed by atoms with Crippen molar-refractivity contribution in [2.24, 2.45) is 0 Å². The van der Waals surface area contributed by atoms with Crippen LogP contribution in [0.3, 0.4) is 0 Å². The van der Waals surface area contributed by atoms with Crippen molar-refractivity contribution in [1.82, 2.24) is 0 Å². The first-order valence-corrected chi connectivity index (χ1v) is 5.70. The van der Waals surface area contributed by atoms with E-state index in [4.69, 9.17) is 0 Å². The average Bonchev–Trinajstić information content (AvgIpc) is 2.20. The highest BCUT2D eigenvalue weighted by molar-refractivity contribution is 9.10. The number of anilines is 1. The van der Waals surface area contributed by atoms with Gasteiger partial charge in [0.05, 0.1) is 5.69 Å². The molecule has 0 saturated carbocycles. The van der Waals surface area contributed by atoms with Gasteiger partial charge in [-0.05, 0) is 24.6 Å². The topological polar surface area (TPSA) is 37.4 Å². The van der Waals surface area contributed by atoms with Gasteiger partial charge in [-0.25, -0.2) is 9.29 Å². The molecule has 1 aliphatic heterocycles. The summed E-state index contributed by atoms with van der Waals surface area (Å²) in [5.41, 5.74) is 0.0397. The Labute approximate surface area is 100 Å². The van der Waals surface area contributed by atoms with Crippen molar-refractivity contribution in [3.63, 3.8) is 0 Å². The van der Waals surface area contributed by atoms with E-state index in [-0.39, 0.29) is 17.5 Å². The summed E-state index contributed by atoms with van der Waals surface area (Å²) in [5, 5.41) is 0. The number of amides is 2. The van der Waals surface area contributed by atoms with Gasteiger partial charge < -0.3 is 0 Å². The van der Waals surface area contributed by atoms with Gasteiger partial charge in [0.2, 0.25) is 11.8 Å². The molecule has 0 aliphatic carbocycles. The summed E-state index contributed by atoms with van der Waals surface area (Å²) in [5.74, 6) is -1.24. The van der Waals surface area contributed by atoms with Crippen LogP contribution in [0.25, 0.3) is 0 Å². The zero-order valence-corrected chi connectivity index (χ0v) is 9.96. The zero-order valence-electron chi connectivity index (χ0n) is 8.37. The van der Waals surface area contributed by atoms with E-state index in [0.29, 0.717) is 23.7 Å². The van der Waals surface area contributed by atoms with E-state index in [9.17, 15) is 14.0 Å². The van der Waals surface area contributed by atoms with E-state index in [2.05, 4.69) is 15.9 Å². The Balaban J connectivity index is 2.42. The number of rotatable bonds is 1. The molecule has 16 heavy (non-hydrogen) atoms. The van der Waals surface area contributed by atoms with Crippen LogP contribution in [0.2, 0.25) is 0 Å². The number of piperidine rings is 1. The Morgan fingerprint density at radius 1 is 1.19 bits per heavy atom. The minimum atomic E-state index is -0.571. The lowest BCUT2D eigenvalue weighted by atomic mass is 10.1. The van der Waals surface area contributed by atoms with E-state index in [1.54, 1.807) is 6.07 Å². The van der Waals surface area contributed by atoms with Gasteiger partial charge in [0.1, 0.15) is 5.82 Å². The second kappa shape index (κ2) is 4.33. The van der Waals surface area contributed by atoms with Gasteiger partial charge in [-0.3, -0.25) is 9.59 Å². The minimum absolute atomic E-state index is 0.0397. The number of imide groups is 1. The fraction of sp³-hybridized carbons (Fsp3) is 0.273. The van der Waals surface area contributed by atoms with Crippen LogP contribution >= 0.6 is 15.9 Å². The van der Waals surface area contributed by atoms with Crippen molar-refractivity contribution < 1.29 is 14.0 Å². The summed E-state index contributed by atoms with van der Waals surface area (Å²) in [4.78, 5) is 24.1. The summed E-state index contributed by atoms with van der Waals surface area (Å²) in [6.45, 7) is 0. The number of hydrogen-bond acceptors (Lipinski definition) is 2. The Morgan fingerprint density at radius 3 is 2.38 bits per heavy atom. The van der Waals surface area contributed by atoms with Gasteiger partial charge in [0, 0.05) is 17.3 Å². The lowest BCUT2D eigenvalue weighted by Gasteiger charge is -2.25. The van der Waals surface area contributed by atoms with Crippen LogP contribution in [0.5, 0.6) is 0 Å². The normalized spacial score (nSPS) is 16.8. The molecule has 3 nitrogen and oxygen atoms in total.